The van der Waals surface area contributed by atoms with Crippen LogP contribution in [0.25, 0.3) is 5.69 Å². The molecule has 1 aromatic carbocycles. The van der Waals surface area contributed by atoms with Gasteiger partial charge in [-0.2, -0.15) is 0 Å². The average molecular weight is 214 g/mol. The molecular formula is C12H14N4. The van der Waals surface area contributed by atoms with Crippen LogP contribution in [0.1, 0.15) is 12.8 Å². The van der Waals surface area contributed by atoms with Gasteiger partial charge in [0.1, 0.15) is 12.7 Å². The van der Waals surface area contributed by atoms with Gasteiger partial charge in [-0.25, -0.2) is 0 Å². The molecule has 0 saturated carbocycles. The molecule has 4 nitrogen and oxygen atoms in total. The first-order valence-electron chi connectivity index (χ1n) is 5.63. The van der Waals surface area contributed by atoms with Crippen molar-refractivity contribution in [2.24, 2.45) is 0 Å². The molecule has 0 bridgehead atoms. The largest absolute Gasteiger partial charge is 0.371 e. The van der Waals surface area contributed by atoms with Crippen LogP contribution < -0.4 is 4.90 Å². The van der Waals surface area contributed by atoms with E-state index in [2.05, 4.69) is 39.4 Å². The highest BCUT2D eigenvalue weighted by Crippen LogP contribution is 2.22. The van der Waals surface area contributed by atoms with Crippen LogP contribution in [0.4, 0.5) is 5.69 Å². The molecule has 2 heterocycles. The Morgan fingerprint density at radius 2 is 1.62 bits per heavy atom. The normalized spacial score (nSPS) is 15.6. The van der Waals surface area contributed by atoms with Gasteiger partial charge in [0.05, 0.1) is 5.69 Å². The molecule has 0 spiro atoms. The van der Waals surface area contributed by atoms with Crippen LogP contribution in [-0.2, 0) is 0 Å². The van der Waals surface area contributed by atoms with Crippen molar-refractivity contribution in [1.82, 2.24) is 14.8 Å². The van der Waals surface area contributed by atoms with Gasteiger partial charge in [-0.15, -0.1) is 10.2 Å². The highest BCUT2D eigenvalue weighted by atomic mass is 15.2. The third-order valence-corrected chi connectivity index (χ3v) is 3.02. The SMILES string of the molecule is c1cc(N2CCCC2)cc(-n2cnnc2)c1. The molecule has 16 heavy (non-hydrogen) atoms. The molecule has 0 amide bonds. The molecule has 1 aliphatic rings. The first kappa shape index (κ1) is 9.39. The highest BCUT2D eigenvalue weighted by molar-refractivity contribution is 5.53. The highest BCUT2D eigenvalue weighted by Gasteiger charge is 2.12. The molecule has 4 heteroatoms. The molecule has 1 saturated heterocycles. The average Bonchev–Trinajstić information content (AvgIpc) is 3.03. The maximum absolute atomic E-state index is 3.83. The fraction of sp³-hybridized carbons (Fsp3) is 0.333. The van der Waals surface area contributed by atoms with Gasteiger partial charge < -0.3 is 4.90 Å². The summed E-state index contributed by atoms with van der Waals surface area (Å²) in [6.45, 7) is 2.34. The second kappa shape index (κ2) is 3.96. The lowest BCUT2D eigenvalue weighted by Gasteiger charge is -2.18. The second-order valence-electron chi connectivity index (χ2n) is 4.08. The van der Waals surface area contributed by atoms with E-state index in [1.165, 1.54) is 31.6 Å². The van der Waals surface area contributed by atoms with E-state index in [1.54, 1.807) is 12.7 Å². The zero-order valence-corrected chi connectivity index (χ0v) is 9.08. The zero-order valence-electron chi connectivity index (χ0n) is 9.08. The van der Waals surface area contributed by atoms with E-state index < -0.39 is 0 Å². The van der Waals surface area contributed by atoms with Crippen LogP contribution in [0.5, 0.6) is 0 Å². The van der Waals surface area contributed by atoms with Gasteiger partial charge in [0, 0.05) is 18.8 Å². The van der Waals surface area contributed by atoms with Gasteiger partial charge in [0.25, 0.3) is 0 Å². The molecule has 1 aromatic heterocycles. The van der Waals surface area contributed by atoms with Crippen molar-refractivity contribution in [3.05, 3.63) is 36.9 Å². The summed E-state index contributed by atoms with van der Waals surface area (Å²) in [4.78, 5) is 2.42. The van der Waals surface area contributed by atoms with E-state index in [4.69, 9.17) is 0 Å². The Morgan fingerprint density at radius 1 is 0.938 bits per heavy atom. The van der Waals surface area contributed by atoms with Crippen LogP contribution in [0.15, 0.2) is 36.9 Å². The third-order valence-electron chi connectivity index (χ3n) is 3.02. The Labute approximate surface area is 94.5 Å². The minimum Gasteiger partial charge on any atom is -0.371 e. The summed E-state index contributed by atoms with van der Waals surface area (Å²) in [7, 11) is 0. The fourth-order valence-corrected chi connectivity index (χ4v) is 2.16. The first-order chi connectivity index (χ1) is 7.93. The number of anilines is 1. The summed E-state index contributed by atoms with van der Waals surface area (Å²) in [5.41, 5.74) is 2.41. The molecule has 1 aliphatic heterocycles. The minimum absolute atomic E-state index is 1.12. The van der Waals surface area contributed by atoms with Crippen LogP contribution in [-0.4, -0.2) is 27.9 Å². The van der Waals surface area contributed by atoms with Crippen molar-refractivity contribution in [2.45, 2.75) is 12.8 Å². The lowest BCUT2D eigenvalue weighted by molar-refractivity contribution is 0.949. The summed E-state index contributed by atoms with van der Waals surface area (Å²) in [5, 5.41) is 7.65. The second-order valence-corrected chi connectivity index (χ2v) is 4.08. The topological polar surface area (TPSA) is 34.0 Å². The number of benzene rings is 1. The summed E-state index contributed by atoms with van der Waals surface area (Å²) < 4.78 is 1.93. The monoisotopic (exact) mass is 214 g/mol. The molecule has 82 valence electrons. The van der Waals surface area contributed by atoms with Crippen LogP contribution in [0.3, 0.4) is 0 Å². The van der Waals surface area contributed by atoms with Crippen molar-refractivity contribution >= 4 is 5.69 Å². The van der Waals surface area contributed by atoms with Crippen LogP contribution >= 0.6 is 0 Å². The zero-order chi connectivity index (χ0) is 10.8. The van der Waals surface area contributed by atoms with E-state index in [0.717, 1.165) is 5.69 Å². The lowest BCUT2D eigenvalue weighted by Crippen LogP contribution is -2.17. The molecule has 0 aliphatic carbocycles. The molecule has 0 unspecified atom stereocenters. The van der Waals surface area contributed by atoms with Crippen molar-refractivity contribution < 1.29 is 0 Å². The Balaban J connectivity index is 1.93. The Bertz CT molecular complexity index is 458. The summed E-state index contributed by atoms with van der Waals surface area (Å²) >= 11 is 0. The molecule has 0 atom stereocenters. The number of hydrogen-bond donors (Lipinski definition) is 0. The number of rotatable bonds is 2. The van der Waals surface area contributed by atoms with Gasteiger partial charge in [0.2, 0.25) is 0 Å². The van der Waals surface area contributed by atoms with Gasteiger partial charge >= 0.3 is 0 Å². The van der Waals surface area contributed by atoms with Crippen molar-refractivity contribution in [3.8, 4) is 5.69 Å². The third kappa shape index (κ3) is 1.66. The standard InChI is InChI=1S/C12H14N4/c1-2-7-15(6-1)11-4-3-5-12(8-11)16-9-13-14-10-16/h3-5,8-10H,1-2,6-7H2. The quantitative estimate of drug-likeness (QED) is 0.765. The predicted octanol–water partition coefficient (Wildman–Crippen LogP) is 1.87. The molecule has 3 rings (SSSR count). The summed E-state index contributed by atoms with van der Waals surface area (Å²) in [6.07, 6.45) is 6.06. The molecule has 0 radical (unpaired) electrons. The maximum Gasteiger partial charge on any atom is 0.123 e. The van der Waals surface area contributed by atoms with E-state index in [9.17, 15) is 0 Å². The van der Waals surface area contributed by atoms with Crippen LogP contribution in [0, 0.1) is 0 Å². The van der Waals surface area contributed by atoms with Crippen LogP contribution in [0.2, 0.25) is 0 Å². The Hall–Kier alpha value is -1.84. The van der Waals surface area contributed by atoms with E-state index in [-0.39, 0.29) is 0 Å². The smallest absolute Gasteiger partial charge is 0.123 e. The van der Waals surface area contributed by atoms with Crippen molar-refractivity contribution in [1.29, 1.82) is 0 Å². The maximum atomic E-state index is 3.83. The number of hydrogen-bond acceptors (Lipinski definition) is 3. The summed E-state index contributed by atoms with van der Waals surface area (Å²) in [6, 6.07) is 8.51. The van der Waals surface area contributed by atoms with E-state index >= 15 is 0 Å². The lowest BCUT2D eigenvalue weighted by atomic mass is 10.2. The Kier molecular flexibility index (Phi) is 2.33. The van der Waals surface area contributed by atoms with E-state index in [1.807, 2.05) is 4.57 Å². The summed E-state index contributed by atoms with van der Waals surface area (Å²) in [5.74, 6) is 0. The van der Waals surface area contributed by atoms with Gasteiger partial charge in [-0.1, -0.05) is 6.07 Å². The number of aromatic nitrogens is 3. The number of nitrogens with zero attached hydrogens (tertiary/aromatic N) is 4. The molecule has 0 N–H and O–H groups in total. The van der Waals surface area contributed by atoms with Gasteiger partial charge in [-0.3, -0.25) is 4.57 Å². The molecular weight excluding hydrogens is 200 g/mol. The van der Waals surface area contributed by atoms with Crippen molar-refractivity contribution in [3.63, 3.8) is 0 Å². The fourth-order valence-electron chi connectivity index (χ4n) is 2.16. The first-order valence-corrected chi connectivity index (χ1v) is 5.63. The molecule has 1 fully saturated rings. The Morgan fingerprint density at radius 3 is 2.38 bits per heavy atom. The predicted molar refractivity (Wildman–Crippen MR) is 62.8 cm³/mol. The van der Waals surface area contributed by atoms with Crippen molar-refractivity contribution in [2.75, 3.05) is 18.0 Å². The minimum atomic E-state index is 1.12. The van der Waals surface area contributed by atoms with E-state index in [0.29, 0.717) is 0 Å². The molecule has 2 aromatic rings. The van der Waals surface area contributed by atoms with Gasteiger partial charge in [0.15, 0.2) is 0 Å². The van der Waals surface area contributed by atoms with Gasteiger partial charge in [-0.05, 0) is 31.0 Å².